The van der Waals surface area contributed by atoms with Crippen molar-refractivity contribution in [2.24, 2.45) is 0 Å². The fraction of sp³-hybridized carbons (Fsp3) is 0.412. The summed E-state index contributed by atoms with van der Waals surface area (Å²) >= 11 is 1.78. The Hall–Kier alpha value is -1.32. The average Bonchev–Trinajstić information content (AvgIpc) is 2.98. The van der Waals surface area contributed by atoms with Crippen LogP contribution in [-0.4, -0.2) is 19.7 Å². The minimum atomic E-state index is 0.520. The highest BCUT2D eigenvalue weighted by molar-refractivity contribution is 7.07. The Bertz CT molecular complexity index is 495. The van der Waals surface area contributed by atoms with Crippen molar-refractivity contribution in [1.29, 1.82) is 0 Å². The van der Waals surface area contributed by atoms with E-state index in [1.165, 1.54) is 17.5 Å². The topological polar surface area (TPSA) is 21.3 Å². The predicted octanol–water partition coefficient (Wildman–Crippen LogP) is 3.91. The summed E-state index contributed by atoms with van der Waals surface area (Å²) in [7, 11) is 1.72. The second-order valence-electron chi connectivity index (χ2n) is 4.98. The Morgan fingerprint density at radius 3 is 2.85 bits per heavy atom. The average molecular weight is 289 g/mol. The van der Waals surface area contributed by atoms with Gasteiger partial charge in [-0.05, 0) is 65.9 Å². The van der Waals surface area contributed by atoms with E-state index in [0.717, 1.165) is 25.1 Å². The van der Waals surface area contributed by atoms with Crippen LogP contribution in [0.1, 0.15) is 24.5 Å². The number of thiophene rings is 1. The van der Waals surface area contributed by atoms with Crippen molar-refractivity contribution in [3.8, 4) is 5.75 Å². The minimum absolute atomic E-state index is 0.520. The van der Waals surface area contributed by atoms with Crippen LogP contribution >= 0.6 is 11.3 Å². The van der Waals surface area contributed by atoms with Crippen LogP contribution in [0.4, 0.5) is 0 Å². The highest BCUT2D eigenvalue weighted by atomic mass is 32.1. The Kier molecular flexibility index (Phi) is 6.09. The number of rotatable bonds is 8. The van der Waals surface area contributed by atoms with Gasteiger partial charge in [0.05, 0.1) is 7.11 Å². The molecule has 1 atom stereocenters. The van der Waals surface area contributed by atoms with Gasteiger partial charge in [-0.15, -0.1) is 0 Å². The Morgan fingerprint density at radius 2 is 2.15 bits per heavy atom. The first-order valence-corrected chi connectivity index (χ1v) is 8.13. The van der Waals surface area contributed by atoms with E-state index in [0.29, 0.717) is 6.04 Å². The molecule has 0 amide bonds. The van der Waals surface area contributed by atoms with E-state index < -0.39 is 0 Å². The molecule has 20 heavy (non-hydrogen) atoms. The second-order valence-corrected chi connectivity index (χ2v) is 5.76. The summed E-state index contributed by atoms with van der Waals surface area (Å²) in [5, 5.41) is 7.99. The molecule has 1 aromatic carbocycles. The minimum Gasteiger partial charge on any atom is -0.497 e. The van der Waals surface area contributed by atoms with E-state index in [4.69, 9.17) is 4.74 Å². The van der Waals surface area contributed by atoms with Crippen LogP contribution in [0.2, 0.25) is 0 Å². The molecule has 0 spiro atoms. The molecule has 2 rings (SSSR count). The maximum Gasteiger partial charge on any atom is 0.119 e. The van der Waals surface area contributed by atoms with Gasteiger partial charge in [0.15, 0.2) is 0 Å². The third-order valence-corrected chi connectivity index (χ3v) is 4.20. The Labute approximate surface area is 125 Å². The summed E-state index contributed by atoms with van der Waals surface area (Å²) in [6, 6.07) is 11.1. The molecule has 0 bridgehead atoms. The largest absolute Gasteiger partial charge is 0.497 e. The SMILES string of the molecule is CCNC(CCc1ccsc1)Cc1cccc(OC)c1. The standard InChI is InChI=1S/C17H23NOS/c1-3-18-16(8-7-14-9-10-20-13-14)11-15-5-4-6-17(12-15)19-2/h4-6,9-10,12-13,16,18H,3,7-8,11H2,1-2H3. The molecule has 3 heteroatoms. The molecule has 108 valence electrons. The molecular formula is C17H23NOS. The van der Waals surface area contributed by atoms with Crippen molar-refractivity contribution in [2.75, 3.05) is 13.7 Å². The molecular weight excluding hydrogens is 266 g/mol. The van der Waals surface area contributed by atoms with Crippen molar-refractivity contribution >= 4 is 11.3 Å². The van der Waals surface area contributed by atoms with Crippen molar-refractivity contribution in [3.63, 3.8) is 0 Å². The molecule has 0 fully saturated rings. The van der Waals surface area contributed by atoms with Crippen molar-refractivity contribution in [3.05, 3.63) is 52.2 Å². The number of nitrogens with one attached hydrogen (secondary N) is 1. The maximum absolute atomic E-state index is 5.30. The molecule has 1 aromatic heterocycles. The van der Waals surface area contributed by atoms with Gasteiger partial charge in [0.2, 0.25) is 0 Å². The molecule has 2 aromatic rings. The van der Waals surface area contributed by atoms with Gasteiger partial charge in [0.25, 0.3) is 0 Å². The van der Waals surface area contributed by atoms with E-state index in [1.807, 2.05) is 6.07 Å². The number of hydrogen-bond acceptors (Lipinski definition) is 3. The first-order chi connectivity index (χ1) is 9.81. The van der Waals surface area contributed by atoms with Crippen LogP contribution in [0.25, 0.3) is 0 Å². The summed E-state index contributed by atoms with van der Waals surface area (Å²) in [5.74, 6) is 0.940. The second kappa shape index (κ2) is 8.08. The lowest BCUT2D eigenvalue weighted by Gasteiger charge is -2.18. The Balaban J connectivity index is 1.93. The lowest BCUT2D eigenvalue weighted by atomic mass is 10.00. The molecule has 1 N–H and O–H groups in total. The number of benzene rings is 1. The molecule has 0 aliphatic heterocycles. The van der Waals surface area contributed by atoms with E-state index in [9.17, 15) is 0 Å². The number of ether oxygens (including phenoxy) is 1. The lowest BCUT2D eigenvalue weighted by Crippen LogP contribution is -2.31. The maximum atomic E-state index is 5.30. The van der Waals surface area contributed by atoms with Crippen LogP contribution in [-0.2, 0) is 12.8 Å². The van der Waals surface area contributed by atoms with Crippen molar-refractivity contribution < 1.29 is 4.74 Å². The third-order valence-electron chi connectivity index (χ3n) is 3.47. The van der Waals surface area contributed by atoms with Crippen LogP contribution in [0.3, 0.4) is 0 Å². The molecule has 0 aliphatic rings. The summed E-state index contributed by atoms with van der Waals surface area (Å²) in [5.41, 5.74) is 2.78. The van der Waals surface area contributed by atoms with Crippen LogP contribution in [0, 0.1) is 0 Å². The fourth-order valence-electron chi connectivity index (χ4n) is 2.42. The molecule has 1 heterocycles. The highest BCUT2D eigenvalue weighted by Gasteiger charge is 2.09. The number of methoxy groups -OCH3 is 1. The first kappa shape index (κ1) is 15.1. The molecule has 0 radical (unpaired) electrons. The van der Waals surface area contributed by atoms with Gasteiger partial charge in [-0.1, -0.05) is 19.1 Å². The zero-order chi connectivity index (χ0) is 14.2. The third kappa shape index (κ3) is 4.66. The van der Waals surface area contributed by atoms with Gasteiger partial charge in [-0.3, -0.25) is 0 Å². The fourth-order valence-corrected chi connectivity index (χ4v) is 3.13. The van der Waals surface area contributed by atoms with Crippen molar-refractivity contribution in [2.45, 2.75) is 32.2 Å². The zero-order valence-corrected chi connectivity index (χ0v) is 13.1. The van der Waals surface area contributed by atoms with Gasteiger partial charge in [0, 0.05) is 6.04 Å². The molecule has 2 nitrogen and oxygen atoms in total. The molecule has 0 aliphatic carbocycles. The molecule has 0 saturated carbocycles. The summed E-state index contributed by atoms with van der Waals surface area (Å²) in [6.07, 6.45) is 3.36. The Morgan fingerprint density at radius 1 is 1.25 bits per heavy atom. The van der Waals surface area contributed by atoms with Gasteiger partial charge in [-0.2, -0.15) is 11.3 Å². The summed E-state index contributed by atoms with van der Waals surface area (Å²) in [6.45, 7) is 3.18. The number of hydrogen-bond donors (Lipinski definition) is 1. The normalized spacial score (nSPS) is 12.3. The van der Waals surface area contributed by atoms with Crippen molar-refractivity contribution in [1.82, 2.24) is 5.32 Å². The van der Waals surface area contributed by atoms with Crippen LogP contribution in [0.5, 0.6) is 5.75 Å². The lowest BCUT2D eigenvalue weighted by molar-refractivity contribution is 0.413. The van der Waals surface area contributed by atoms with E-state index in [2.05, 4.69) is 47.3 Å². The number of aryl methyl sites for hydroxylation is 1. The quantitative estimate of drug-likeness (QED) is 0.795. The van der Waals surface area contributed by atoms with Crippen LogP contribution in [0.15, 0.2) is 41.1 Å². The van der Waals surface area contributed by atoms with E-state index in [1.54, 1.807) is 18.4 Å². The number of likely N-dealkylation sites (N-methyl/N-ethyl adjacent to an activating group) is 1. The van der Waals surface area contributed by atoms with Gasteiger partial charge in [0.1, 0.15) is 5.75 Å². The predicted molar refractivity (Wildman–Crippen MR) is 86.8 cm³/mol. The smallest absolute Gasteiger partial charge is 0.119 e. The highest BCUT2D eigenvalue weighted by Crippen LogP contribution is 2.16. The van der Waals surface area contributed by atoms with Gasteiger partial charge >= 0.3 is 0 Å². The van der Waals surface area contributed by atoms with E-state index >= 15 is 0 Å². The monoisotopic (exact) mass is 289 g/mol. The van der Waals surface area contributed by atoms with E-state index in [-0.39, 0.29) is 0 Å². The van der Waals surface area contributed by atoms with Crippen LogP contribution < -0.4 is 10.1 Å². The molecule has 1 unspecified atom stereocenters. The van der Waals surface area contributed by atoms with Gasteiger partial charge in [-0.25, -0.2) is 0 Å². The molecule has 0 saturated heterocycles. The first-order valence-electron chi connectivity index (χ1n) is 7.19. The zero-order valence-electron chi connectivity index (χ0n) is 12.3. The van der Waals surface area contributed by atoms with Gasteiger partial charge < -0.3 is 10.1 Å². The summed E-state index contributed by atoms with van der Waals surface area (Å²) < 4.78 is 5.30. The summed E-state index contributed by atoms with van der Waals surface area (Å²) in [4.78, 5) is 0.